The Kier molecular flexibility index (Phi) is 6.60. The first-order valence-electron chi connectivity index (χ1n) is 15.7. The molecule has 0 bridgehead atoms. The van der Waals surface area contributed by atoms with Crippen molar-refractivity contribution in [1.82, 2.24) is 15.0 Å². The van der Waals surface area contributed by atoms with Crippen LogP contribution in [0.5, 0.6) is 0 Å². The van der Waals surface area contributed by atoms with Crippen LogP contribution in [0.25, 0.3) is 61.7 Å². The van der Waals surface area contributed by atoms with E-state index in [-0.39, 0.29) is 5.41 Å². The fourth-order valence-electron chi connectivity index (χ4n) is 6.75. The Bertz CT molecular complexity index is 2140. The van der Waals surface area contributed by atoms with E-state index < -0.39 is 0 Å². The van der Waals surface area contributed by atoms with Crippen LogP contribution in [0.4, 0.5) is 0 Å². The first kappa shape index (κ1) is 27.2. The molecule has 5 aromatic carbocycles. The van der Waals surface area contributed by atoms with Crippen LogP contribution in [-0.4, -0.2) is 15.0 Å². The molecular weight excluding hydrogens is 546 g/mol. The van der Waals surface area contributed by atoms with E-state index in [2.05, 4.69) is 135 Å². The Balaban J connectivity index is 1.17. The zero-order valence-electron chi connectivity index (χ0n) is 25.5. The maximum Gasteiger partial charge on any atom is 0.164 e. The third-order valence-electron chi connectivity index (χ3n) is 9.20. The number of aromatic nitrogens is 3. The third kappa shape index (κ3) is 4.91. The van der Waals surface area contributed by atoms with Crippen molar-refractivity contribution in [1.29, 1.82) is 0 Å². The number of benzene rings is 5. The Labute approximate surface area is 264 Å². The van der Waals surface area contributed by atoms with Crippen LogP contribution in [0, 0.1) is 0 Å². The van der Waals surface area contributed by atoms with Crippen molar-refractivity contribution < 1.29 is 0 Å². The molecule has 0 fully saturated rings. The predicted molar refractivity (Wildman–Crippen MR) is 185 cm³/mol. The highest BCUT2D eigenvalue weighted by atomic mass is 15.0. The van der Waals surface area contributed by atoms with Crippen LogP contribution in [0.15, 0.2) is 140 Å². The van der Waals surface area contributed by atoms with Gasteiger partial charge in [0.1, 0.15) is 0 Å². The summed E-state index contributed by atoms with van der Waals surface area (Å²) in [5, 5.41) is 0. The molecule has 45 heavy (non-hydrogen) atoms. The minimum atomic E-state index is -0.0279. The molecule has 1 aromatic heterocycles. The number of allylic oxidation sites excluding steroid dienone is 4. The van der Waals surface area contributed by atoms with Gasteiger partial charge in [0.25, 0.3) is 0 Å². The normalized spacial score (nSPS) is 14.5. The zero-order valence-corrected chi connectivity index (χ0v) is 25.5. The van der Waals surface area contributed by atoms with Gasteiger partial charge in [-0.1, -0.05) is 135 Å². The number of hydrogen-bond donors (Lipinski definition) is 0. The van der Waals surface area contributed by atoms with E-state index in [0.717, 1.165) is 46.5 Å². The molecule has 2 aliphatic carbocycles. The molecule has 0 unspecified atom stereocenters. The molecule has 3 nitrogen and oxygen atoms in total. The highest BCUT2D eigenvalue weighted by Crippen LogP contribution is 2.49. The molecule has 0 saturated heterocycles. The third-order valence-corrected chi connectivity index (χ3v) is 9.20. The maximum atomic E-state index is 4.99. The highest BCUT2D eigenvalue weighted by molar-refractivity contribution is 5.84. The van der Waals surface area contributed by atoms with Crippen molar-refractivity contribution in [3.05, 3.63) is 157 Å². The quantitative estimate of drug-likeness (QED) is 0.204. The summed E-state index contributed by atoms with van der Waals surface area (Å²) in [5.41, 5.74) is 13.3. The van der Waals surface area contributed by atoms with Gasteiger partial charge >= 0.3 is 0 Å². The van der Waals surface area contributed by atoms with Crippen molar-refractivity contribution in [2.75, 3.05) is 0 Å². The second kappa shape index (κ2) is 10.9. The molecule has 216 valence electrons. The van der Waals surface area contributed by atoms with Crippen LogP contribution in [0.1, 0.15) is 43.6 Å². The van der Waals surface area contributed by atoms with Crippen molar-refractivity contribution in [3.8, 4) is 56.2 Å². The van der Waals surface area contributed by atoms with Gasteiger partial charge in [0.15, 0.2) is 17.5 Å². The number of fused-ring (bicyclic) bond motifs is 3. The van der Waals surface area contributed by atoms with E-state index in [4.69, 9.17) is 15.0 Å². The molecule has 2 aliphatic rings. The Morgan fingerprint density at radius 1 is 0.489 bits per heavy atom. The van der Waals surface area contributed by atoms with E-state index in [1.165, 1.54) is 33.4 Å². The van der Waals surface area contributed by atoms with Gasteiger partial charge in [0.2, 0.25) is 0 Å². The van der Waals surface area contributed by atoms with Crippen LogP contribution < -0.4 is 0 Å². The second-order valence-electron chi connectivity index (χ2n) is 12.4. The van der Waals surface area contributed by atoms with E-state index >= 15 is 0 Å². The first-order valence-corrected chi connectivity index (χ1v) is 15.7. The standard InChI is InChI=1S/C42H33N3/c1-42(2)37-22-10-9-21-35(37)36-24-23-33(27-38(36)42)31-18-11-17-30(25-31)32-19-12-20-34(26-32)41-44-39(28-13-5-3-6-14-28)43-40(45-41)29-15-7-4-8-16-29/h3-7,9-15,17-27H,8,16H2,1-2H3. The largest absolute Gasteiger partial charge is 0.209 e. The topological polar surface area (TPSA) is 38.7 Å². The Morgan fingerprint density at radius 3 is 1.80 bits per heavy atom. The molecular formula is C42H33N3. The lowest BCUT2D eigenvalue weighted by atomic mass is 9.81. The van der Waals surface area contributed by atoms with Crippen molar-refractivity contribution >= 4 is 5.57 Å². The highest BCUT2D eigenvalue weighted by Gasteiger charge is 2.35. The SMILES string of the molecule is CC1(C)c2ccccc2-c2ccc(-c3cccc(-c4cccc(-c5nc(C6=CC=CCC6)nc(-c6ccccc6)n5)c4)c3)cc21. The fourth-order valence-corrected chi connectivity index (χ4v) is 6.75. The number of nitrogens with zero attached hydrogens (tertiary/aromatic N) is 3. The lowest BCUT2D eigenvalue weighted by molar-refractivity contribution is 0.660. The average Bonchev–Trinajstić information content (AvgIpc) is 3.34. The van der Waals surface area contributed by atoms with E-state index in [1.54, 1.807) is 0 Å². The summed E-state index contributed by atoms with van der Waals surface area (Å²) in [6.07, 6.45) is 8.32. The summed E-state index contributed by atoms with van der Waals surface area (Å²) in [5.74, 6) is 2.13. The summed E-state index contributed by atoms with van der Waals surface area (Å²) < 4.78 is 0. The van der Waals surface area contributed by atoms with E-state index in [9.17, 15) is 0 Å². The summed E-state index contributed by atoms with van der Waals surface area (Å²) in [6, 6.07) is 43.3. The molecule has 0 atom stereocenters. The fraction of sp³-hybridized carbons (Fsp3) is 0.119. The van der Waals surface area contributed by atoms with Crippen LogP contribution in [0.2, 0.25) is 0 Å². The molecule has 0 radical (unpaired) electrons. The lowest BCUT2D eigenvalue weighted by Crippen LogP contribution is -2.14. The van der Waals surface area contributed by atoms with Crippen molar-refractivity contribution in [3.63, 3.8) is 0 Å². The number of hydrogen-bond acceptors (Lipinski definition) is 3. The van der Waals surface area contributed by atoms with Crippen molar-refractivity contribution in [2.24, 2.45) is 0 Å². The van der Waals surface area contributed by atoms with Crippen molar-refractivity contribution in [2.45, 2.75) is 32.1 Å². The minimum absolute atomic E-state index is 0.0279. The van der Waals surface area contributed by atoms with Crippen LogP contribution in [0.3, 0.4) is 0 Å². The molecule has 0 N–H and O–H groups in total. The monoisotopic (exact) mass is 579 g/mol. The minimum Gasteiger partial charge on any atom is -0.209 e. The molecule has 6 aromatic rings. The van der Waals surface area contributed by atoms with Gasteiger partial charge in [-0.15, -0.1) is 0 Å². The summed E-state index contributed by atoms with van der Waals surface area (Å²) in [6.45, 7) is 4.67. The Morgan fingerprint density at radius 2 is 1.07 bits per heavy atom. The van der Waals surface area contributed by atoms with E-state index in [1.807, 2.05) is 18.2 Å². The maximum absolute atomic E-state index is 4.99. The first-order chi connectivity index (χ1) is 22.0. The van der Waals surface area contributed by atoms with Gasteiger partial charge in [0.05, 0.1) is 0 Å². The molecule has 0 amide bonds. The van der Waals surface area contributed by atoms with Crippen LogP contribution >= 0.6 is 0 Å². The molecule has 1 heterocycles. The average molecular weight is 580 g/mol. The smallest absolute Gasteiger partial charge is 0.164 e. The van der Waals surface area contributed by atoms with Crippen LogP contribution in [-0.2, 0) is 5.41 Å². The van der Waals surface area contributed by atoms with Gasteiger partial charge in [0, 0.05) is 16.5 Å². The summed E-state index contributed by atoms with van der Waals surface area (Å²) in [4.78, 5) is 14.9. The molecule has 8 rings (SSSR count). The lowest BCUT2D eigenvalue weighted by Gasteiger charge is -2.22. The molecule has 0 spiro atoms. The molecule has 3 heteroatoms. The van der Waals surface area contributed by atoms with Gasteiger partial charge < -0.3 is 0 Å². The zero-order chi connectivity index (χ0) is 30.4. The molecule has 0 saturated carbocycles. The second-order valence-corrected chi connectivity index (χ2v) is 12.4. The summed E-state index contributed by atoms with van der Waals surface area (Å²) >= 11 is 0. The van der Waals surface area contributed by atoms with E-state index in [0.29, 0.717) is 11.6 Å². The summed E-state index contributed by atoms with van der Waals surface area (Å²) in [7, 11) is 0. The predicted octanol–water partition coefficient (Wildman–Crippen LogP) is 10.6. The van der Waals surface area contributed by atoms with Gasteiger partial charge in [-0.3, -0.25) is 0 Å². The van der Waals surface area contributed by atoms with Gasteiger partial charge in [-0.2, -0.15) is 0 Å². The van der Waals surface area contributed by atoms with Gasteiger partial charge in [-0.05, 0) is 81.1 Å². The Hall–Kier alpha value is -5.41. The number of rotatable bonds is 5. The van der Waals surface area contributed by atoms with Gasteiger partial charge in [-0.25, -0.2) is 15.0 Å². The molecule has 0 aliphatic heterocycles.